The maximum absolute atomic E-state index is 4.94. The van der Waals surface area contributed by atoms with Crippen LogP contribution in [0.15, 0.2) is 97.1 Å². The Morgan fingerprint density at radius 2 is 0.284 bits per heavy atom. The van der Waals surface area contributed by atoms with E-state index < -0.39 is 0 Å². The van der Waals surface area contributed by atoms with Crippen LogP contribution in [0.2, 0.25) is 0 Å². The Morgan fingerprint density at radius 1 is 0.172 bits per heavy atom. The van der Waals surface area contributed by atoms with Crippen molar-refractivity contribution in [3.63, 3.8) is 0 Å². The Hall–Kier alpha value is -4.36. The Labute approximate surface area is 727 Å². The van der Waals surface area contributed by atoms with E-state index >= 15 is 0 Å². The zero-order chi connectivity index (χ0) is 80.8. The number of ether oxygens (including phenoxy) is 12. The number of hydrogen-bond donors (Lipinski definition) is 0. The Morgan fingerprint density at radius 3 is 0.379 bits per heavy atom. The summed E-state index contributed by atoms with van der Waals surface area (Å²) in [5.41, 5.74) is 24.6. The first kappa shape index (κ1) is 100. The van der Waals surface area contributed by atoms with Gasteiger partial charge in [-0.05, 0) is 270 Å². The van der Waals surface area contributed by atoms with E-state index in [4.69, 9.17) is 56.8 Å². The van der Waals surface area contributed by atoms with Crippen molar-refractivity contribution in [2.24, 2.45) is 0 Å². The Kier molecular flexibility index (Phi) is 51.4. The summed E-state index contributed by atoms with van der Waals surface area (Å²) < 4.78 is 59.3. The van der Waals surface area contributed by atoms with E-state index in [0.29, 0.717) is 0 Å². The first-order chi connectivity index (χ1) is 55.7. The van der Waals surface area contributed by atoms with Crippen LogP contribution in [0.1, 0.15) is 221 Å². The van der Waals surface area contributed by atoms with Gasteiger partial charge in [0, 0.05) is 196 Å². The Balaban J connectivity index is 0.000000264. The second kappa shape index (κ2) is 59.4. The van der Waals surface area contributed by atoms with Gasteiger partial charge in [-0.1, -0.05) is 197 Å². The largest absolute Gasteiger partial charge is 0.381 e. The fourth-order valence-electron chi connectivity index (χ4n) is 16.9. The van der Waals surface area contributed by atoms with Gasteiger partial charge in [-0.15, -0.1) is 0 Å². The van der Waals surface area contributed by atoms with Crippen LogP contribution in [0, 0.1) is 83.1 Å². The number of rotatable bonds is 6. The van der Waals surface area contributed by atoms with Crippen LogP contribution in [0.25, 0.3) is 32.3 Å². The number of hydrogen-bond acceptors (Lipinski definition) is 12. The van der Waals surface area contributed by atoms with Crippen molar-refractivity contribution in [1.82, 2.24) is 0 Å². The van der Waals surface area contributed by atoms with E-state index in [1.165, 1.54) is 286 Å². The predicted molar refractivity (Wildman–Crippen MR) is 494 cm³/mol. The van der Waals surface area contributed by atoms with Gasteiger partial charge in [0.25, 0.3) is 0 Å². The van der Waals surface area contributed by atoms with Gasteiger partial charge in [-0.3, -0.25) is 0 Å². The average molecular weight is 1580 g/mol. The number of aryl methyl sites for hydroxylation is 12. The smallest absolute Gasteiger partial charge is 0.242 e. The summed E-state index contributed by atoms with van der Waals surface area (Å²) in [6, 6.07) is 38.5. The minimum Gasteiger partial charge on any atom is -0.381 e. The van der Waals surface area contributed by atoms with Gasteiger partial charge < -0.3 is 56.8 Å². The van der Waals surface area contributed by atoms with Gasteiger partial charge in [0.2, 0.25) is 13.4 Å². The molecular formula is C100H148B2Li2O12. The van der Waals surface area contributed by atoms with Crippen LogP contribution in [0.3, 0.4) is 0 Å². The fraction of sp³-hybridized carbons (Fsp3) is 0.600. The standard InChI is InChI=1S/C52H52B2.12C4H8O.2Li/c1-29-17-33(5)49(34(6)18-29)53(50-35(7)19-30(2)20-36(50)8)45-25-41-13-15-43-27-46(28-44-16-14-42(26-45)47(41)48(43)44)54(51-37(9)21-31(3)22-38(51)10)52-39(11)23-32(4)24-40(52)12;12*1-2-4-5-3-1;;/h13-28H,1-12H3;12*1-4H2;;. The van der Waals surface area contributed by atoms with E-state index in [2.05, 4.69) is 180 Å². The quantitative estimate of drug-likeness (QED) is 0.117. The molecule has 8 aromatic rings. The molecule has 16 heteroatoms. The molecule has 0 unspecified atom stereocenters. The van der Waals surface area contributed by atoms with Crippen LogP contribution in [-0.2, 0) is 56.8 Å². The van der Waals surface area contributed by atoms with Crippen molar-refractivity contribution in [3.8, 4) is 0 Å². The topological polar surface area (TPSA) is 111 Å². The molecule has 12 fully saturated rings. The molecule has 0 aliphatic carbocycles. The molecule has 0 spiro atoms. The molecular weight excluding hydrogens is 1430 g/mol. The summed E-state index contributed by atoms with van der Waals surface area (Å²) in [5, 5.41) is 8.00. The van der Waals surface area contributed by atoms with Gasteiger partial charge >= 0.3 is 0 Å². The number of benzene rings is 8. The maximum Gasteiger partial charge on any atom is 0.242 e. The van der Waals surface area contributed by atoms with E-state index in [9.17, 15) is 0 Å². The molecule has 12 aliphatic heterocycles. The normalized spacial score (nSPS) is 17.9. The van der Waals surface area contributed by atoms with Crippen LogP contribution >= 0.6 is 0 Å². The van der Waals surface area contributed by atoms with Gasteiger partial charge in [0.1, 0.15) is 0 Å². The first-order valence-corrected chi connectivity index (χ1v) is 44.7. The van der Waals surface area contributed by atoms with Crippen molar-refractivity contribution in [2.45, 2.75) is 237 Å². The molecule has 0 bridgehead atoms. The van der Waals surface area contributed by atoms with Crippen molar-refractivity contribution in [1.29, 1.82) is 0 Å². The fourth-order valence-corrected chi connectivity index (χ4v) is 16.9. The van der Waals surface area contributed by atoms with E-state index in [0.717, 1.165) is 159 Å². The van der Waals surface area contributed by atoms with Crippen LogP contribution in [-0.4, -0.2) is 210 Å². The molecule has 116 heavy (non-hydrogen) atoms. The third-order valence-corrected chi connectivity index (χ3v) is 22.3. The summed E-state index contributed by atoms with van der Waals surface area (Å²) >= 11 is 0. The average Bonchev–Trinajstić information content (AvgIpc) is 0.992. The molecule has 0 saturated carbocycles. The summed E-state index contributed by atoms with van der Waals surface area (Å²) in [7, 11) is 0. The van der Waals surface area contributed by atoms with Crippen LogP contribution < -0.4 is 32.8 Å². The molecule has 628 valence electrons. The Bertz CT molecular complexity index is 3160. The molecule has 12 saturated heterocycles. The third-order valence-electron chi connectivity index (χ3n) is 22.3. The molecule has 12 nitrogen and oxygen atoms in total. The van der Waals surface area contributed by atoms with Crippen LogP contribution in [0.4, 0.5) is 0 Å². The SMILES string of the molecule is C1CCOC1.C1CCOC1.C1CCOC1.C1CCOC1.C1CCOC1.C1CCOC1.C1CCOC1.C1CCOC1.C1CCOC1.C1CCOC1.C1CCOC1.C1CCOC1.Cc1cc(C)c(B(c2cc3ccc4cc(B(c5c(C)cc(C)cc5C)c5c(C)cc(C)cc5C)cc5ccc(c2)c3c45)c2c(C)cc(C)cc2C)c(C)c1.[Li].[Li]. The van der Waals surface area contributed by atoms with Crippen LogP contribution in [0.5, 0.6) is 0 Å². The molecule has 2 radical (unpaired) electrons. The summed E-state index contributed by atoms with van der Waals surface area (Å²) in [6.07, 6.45) is 30.7. The molecule has 20 rings (SSSR count). The predicted octanol–water partition coefficient (Wildman–Crippen LogP) is 18.1. The van der Waals surface area contributed by atoms with E-state index in [1.807, 2.05) is 0 Å². The summed E-state index contributed by atoms with van der Waals surface area (Å²) in [4.78, 5) is 0. The monoisotopic (exact) mass is 1580 g/mol. The van der Waals surface area contributed by atoms with Gasteiger partial charge in [-0.25, -0.2) is 0 Å². The molecule has 12 heterocycles. The maximum atomic E-state index is 4.94. The first-order valence-electron chi connectivity index (χ1n) is 44.7. The molecule has 0 aromatic heterocycles. The molecule has 0 N–H and O–H groups in total. The molecule has 8 aromatic carbocycles. The van der Waals surface area contributed by atoms with Gasteiger partial charge in [0.05, 0.1) is 0 Å². The summed E-state index contributed by atoms with van der Waals surface area (Å²) in [6.45, 7) is 51.6. The molecule has 12 aliphatic rings. The van der Waals surface area contributed by atoms with Crippen molar-refractivity contribution < 1.29 is 56.8 Å². The third kappa shape index (κ3) is 36.0. The molecule has 0 atom stereocenters. The van der Waals surface area contributed by atoms with Gasteiger partial charge in [0.15, 0.2) is 0 Å². The zero-order valence-corrected chi connectivity index (χ0v) is 75.2. The minimum absolute atomic E-state index is 0. The molecule has 0 amide bonds. The van der Waals surface area contributed by atoms with E-state index in [1.54, 1.807) is 0 Å². The minimum atomic E-state index is 0. The van der Waals surface area contributed by atoms with Crippen molar-refractivity contribution in [3.05, 3.63) is 164 Å². The summed E-state index contributed by atoms with van der Waals surface area (Å²) in [5.74, 6) is 0. The zero-order valence-electron chi connectivity index (χ0n) is 75.2. The van der Waals surface area contributed by atoms with Gasteiger partial charge in [-0.2, -0.15) is 0 Å². The second-order valence-corrected chi connectivity index (χ2v) is 32.8. The van der Waals surface area contributed by atoms with E-state index in [-0.39, 0.29) is 51.1 Å². The van der Waals surface area contributed by atoms with Crippen molar-refractivity contribution >= 4 is 116 Å². The van der Waals surface area contributed by atoms with Crippen molar-refractivity contribution in [2.75, 3.05) is 159 Å². The second-order valence-electron chi connectivity index (χ2n) is 32.8.